The highest BCUT2D eigenvalue weighted by Gasteiger charge is 2.13. The predicted octanol–water partition coefficient (Wildman–Crippen LogP) is 0.470. The average Bonchev–Trinajstić information content (AvgIpc) is 2.87. The number of anilines is 2. The number of H-pyrrole nitrogens is 1. The van der Waals surface area contributed by atoms with E-state index in [1.54, 1.807) is 17.0 Å². The normalized spacial score (nSPS) is 10.7. The topological polar surface area (TPSA) is 116 Å². The number of nitrogens with zero attached hydrogens (tertiary/aromatic N) is 4. The number of nitrogens with one attached hydrogen (secondary N) is 2. The Bertz CT molecular complexity index is 879. The van der Waals surface area contributed by atoms with Crippen LogP contribution in [0.1, 0.15) is 5.56 Å². The SMILES string of the molecule is CN(c1cc2n[nH]c(=O)n2cn1)c1ccccc1C(=N)N. The van der Waals surface area contributed by atoms with Crippen LogP contribution in [0, 0.1) is 5.41 Å². The maximum Gasteiger partial charge on any atom is 0.348 e. The Morgan fingerprint density at radius 1 is 1.43 bits per heavy atom. The van der Waals surface area contributed by atoms with Crippen LogP contribution in [-0.2, 0) is 0 Å². The van der Waals surface area contributed by atoms with Gasteiger partial charge in [0.25, 0.3) is 0 Å². The summed E-state index contributed by atoms with van der Waals surface area (Å²) in [6.07, 6.45) is 1.41. The summed E-state index contributed by atoms with van der Waals surface area (Å²) in [7, 11) is 1.81. The van der Waals surface area contributed by atoms with E-state index < -0.39 is 0 Å². The third kappa shape index (κ3) is 2.12. The number of aromatic amines is 1. The molecule has 0 spiro atoms. The number of aromatic nitrogens is 4. The quantitative estimate of drug-likeness (QED) is 0.477. The van der Waals surface area contributed by atoms with Crippen molar-refractivity contribution in [3.8, 4) is 0 Å². The van der Waals surface area contributed by atoms with Gasteiger partial charge in [0.2, 0.25) is 0 Å². The molecule has 8 heteroatoms. The van der Waals surface area contributed by atoms with Crippen molar-refractivity contribution in [1.29, 1.82) is 5.41 Å². The zero-order valence-corrected chi connectivity index (χ0v) is 11.2. The highest BCUT2D eigenvalue weighted by Crippen LogP contribution is 2.25. The lowest BCUT2D eigenvalue weighted by atomic mass is 10.1. The Hall–Kier alpha value is -3.16. The molecule has 2 heterocycles. The van der Waals surface area contributed by atoms with Crippen molar-refractivity contribution in [2.24, 2.45) is 5.73 Å². The van der Waals surface area contributed by atoms with Crippen LogP contribution in [0.15, 0.2) is 41.5 Å². The van der Waals surface area contributed by atoms with Crippen molar-refractivity contribution in [2.45, 2.75) is 0 Å². The molecule has 0 aliphatic carbocycles. The maximum atomic E-state index is 11.4. The minimum atomic E-state index is -0.337. The van der Waals surface area contributed by atoms with Crippen molar-refractivity contribution < 1.29 is 0 Å². The Kier molecular flexibility index (Phi) is 2.90. The van der Waals surface area contributed by atoms with Crippen LogP contribution in [-0.4, -0.2) is 32.5 Å². The van der Waals surface area contributed by atoms with Crippen molar-refractivity contribution in [3.05, 3.63) is 52.7 Å². The Balaban J connectivity index is 2.10. The summed E-state index contributed by atoms with van der Waals surface area (Å²) in [5.41, 5.74) is 7.09. The molecule has 0 atom stereocenters. The van der Waals surface area contributed by atoms with Gasteiger partial charge >= 0.3 is 5.69 Å². The molecular formula is C13H13N7O. The van der Waals surface area contributed by atoms with E-state index in [-0.39, 0.29) is 11.5 Å². The van der Waals surface area contributed by atoms with Gasteiger partial charge in [-0.15, -0.1) is 0 Å². The van der Waals surface area contributed by atoms with Crippen LogP contribution in [0.5, 0.6) is 0 Å². The molecule has 106 valence electrons. The van der Waals surface area contributed by atoms with Gasteiger partial charge in [0.05, 0.1) is 5.69 Å². The minimum absolute atomic E-state index is 0.0190. The first-order valence-electron chi connectivity index (χ1n) is 6.18. The molecule has 0 aliphatic heterocycles. The standard InChI is InChI=1S/C13H13N7O/c1-19(9-5-3-2-4-8(9)12(14)15)10-6-11-17-18-13(21)20(11)7-16-10/h2-7H,1H3,(H3,14,15)(H,18,21). The molecule has 0 aliphatic rings. The number of amidine groups is 1. The van der Waals surface area contributed by atoms with E-state index in [9.17, 15) is 4.79 Å². The zero-order chi connectivity index (χ0) is 15.0. The van der Waals surface area contributed by atoms with Gasteiger partial charge in [-0.05, 0) is 12.1 Å². The predicted molar refractivity (Wildman–Crippen MR) is 79.1 cm³/mol. The fourth-order valence-corrected chi connectivity index (χ4v) is 2.10. The number of benzene rings is 1. The van der Waals surface area contributed by atoms with Crippen LogP contribution in [0.3, 0.4) is 0 Å². The molecule has 3 aromatic rings. The van der Waals surface area contributed by atoms with Gasteiger partial charge in [0, 0.05) is 18.7 Å². The molecule has 8 nitrogen and oxygen atoms in total. The largest absolute Gasteiger partial charge is 0.384 e. The van der Waals surface area contributed by atoms with Crippen molar-refractivity contribution in [2.75, 3.05) is 11.9 Å². The summed E-state index contributed by atoms with van der Waals surface area (Å²) in [6, 6.07) is 8.97. The van der Waals surface area contributed by atoms with Gasteiger partial charge in [0.15, 0.2) is 5.65 Å². The van der Waals surface area contributed by atoms with E-state index in [2.05, 4.69) is 15.2 Å². The number of fused-ring (bicyclic) bond motifs is 1. The zero-order valence-electron chi connectivity index (χ0n) is 11.2. The van der Waals surface area contributed by atoms with Crippen molar-refractivity contribution in [1.82, 2.24) is 19.6 Å². The smallest absolute Gasteiger partial charge is 0.348 e. The Morgan fingerprint density at radius 3 is 2.95 bits per heavy atom. The van der Waals surface area contributed by atoms with Crippen LogP contribution in [0.25, 0.3) is 5.65 Å². The molecule has 4 N–H and O–H groups in total. The molecule has 0 bridgehead atoms. The Morgan fingerprint density at radius 2 is 2.19 bits per heavy atom. The van der Waals surface area contributed by atoms with Gasteiger partial charge < -0.3 is 10.6 Å². The average molecular weight is 283 g/mol. The van der Waals surface area contributed by atoms with Gasteiger partial charge in [-0.25, -0.2) is 19.3 Å². The summed E-state index contributed by atoms with van der Waals surface area (Å²) in [5.74, 6) is 0.574. The van der Waals surface area contributed by atoms with E-state index >= 15 is 0 Å². The number of nitrogens with two attached hydrogens (primary N) is 1. The molecule has 0 amide bonds. The number of hydrogen-bond acceptors (Lipinski definition) is 5. The number of rotatable bonds is 3. The first-order valence-corrected chi connectivity index (χ1v) is 6.18. The molecule has 0 saturated carbocycles. The molecule has 2 aromatic heterocycles. The summed E-state index contributed by atoms with van der Waals surface area (Å²) in [6.45, 7) is 0. The number of nitrogen functional groups attached to an aromatic ring is 1. The number of hydrogen-bond donors (Lipinski definition) is 3. The highest BCUT2D eigenvalue weighted by molar-refractivity contribution is 6.01. The molecule has 1 aromatic carbocycles. The van der Waals surface area contributed by atoms with Gasteiger partial charge in [-0.2, -0.15) is 5.10 Å². The van der Waals surface area contributed by atoms with E-state index in [1.807, 2.05) is 25.2 Å². The molecule has 3 rings (SSSR count). The molecule has 0 saturated heterocycles. The summed E-state index contributed by atoms with van der Waals surface area (Å²) < 4.78 is 1.31. The van der Waals surface area contributed by atoms with Crippen LogP contribution < -0.4 is 16.3 Å². The third-order valence-corrected chi connectivity index (χ3v) is 3.19. The second-order valence-corrected chi connectivity index (χ2v) is 4.49. The second-order valence-electron chi connectivity index (χ2n) is 4.49. The van der Waals surface area contributed by atoms with Crippen molar-refractivity contribution in [3.63, 3.8) is 0 Å². The molecule has 0 radical (unpaired) electrons. The monoisotopic (exact) mass is 283 g/mol. The van der Waals surface area contributed by atoms with Crippen LogP contribution in [0.2, 0.25) is 0 Å². The lowest BCUT2D eigenvalue weighted by molar-refractivity contribution is 0.986. The van der Waals surface area contributed by atoms with Gasteiger partial charge in [-0.3, -0.25) is 5.41 Å². The van der Waals surface area contributed by atoms with Gasteiger partial charge in [0.1, 0.15) is 18.0 Å². The molecule has 0 unspecified atom stereocenters. The highest BCUT2D eigenvalue weighted by atomic mass is 16.1. The number of para-hydroxylation sites is 1. The van der Waals surface area contributed by atoms with Crippen LogP contribution in [0.4, 0.5) is 11.5 Å². The lowest BCUT2D eigenvalue weighted by Gasteiger charge is -2.20. The van der Waals surface area contributed by atoms with Crippen LogP contribution >= 0.6 is 0 Å². The van der Waals surface area contributed by atoms with E-state index in [4.69, 9.17) is 11.1 Å². The Labute approximate surface area is 119 Å². The first kappa shape index (κ1) is 12.9. The molecular weight excluding hydrogens is 270 g/mol. The second kappa shape index (κ2) is 4.75. The lowest BCUT2D eigenvalue weighted by Crippen LogP contribution is -2.19. The van der Waals surface area contributed by atoms with E-state index in [1.165, 1.54) is 10.7 Å². The van der Waals surface area contributed by atoms with E-state index in [0.29, 0.717) is 17.0 Å². The maximum absolute atomic E-state index is 11.4. The minimum Gasteiger partial charge on any atom is -0.384 e. The molecule has 21 heavy (non-hydrogen) atoms. The van der Waals surface area contributed by atoms with E-state index in [0.717, 1.165) is 5.69 Å². The molecule has 0 fully saturated rings. The fourth-order valence-electron chi connectivity index (χ4n) is 2.10. The van der Waals surface area contributed by atoms with Crippen molar-refractivity contribution >= 4 is 23.0 Å². The van der Waals surface area contributed by atoms with Gasteiger partial charge in [-0.1, -0.05) is 12.1 Å². The third-order valence-electron chi connectivity index (χ3n) is 3.19. The summed E-state index contributed by atoms with van der Waals surface area (Å²) in [4.78, 5) is 17.4. The first-order chi connectivity index (χ1) is 10.1. The fraction of sp³-hybridized carbons (Fsp3) is 0.0769. The summed E-state index contributed by atoms with van der Waals surface area (Å²) in [5, 5.41) is 13.9. The summed E-state index contributed by atoms with van der Waals surface area (Å²) >= 11 is 0.